The van der Waals surface area contributed by atoms with Gasteiger partial charge >= 0.3 is 18.1 Å². The van der Waals surface area contributed by atoms with E-state index < -0.39 is 126 Å². The number of benzene rings is 2. The number of carbonyl (C=O) groups is 10. The van der Waals surface area contributed by atoms with Gasteiger partial charge in [-0.2, -0.15) is 0 Å². The largest absolute Gasteiger partial charge is 0.480 e. The molecule has 24 heteroatoms. The summed E-state index contributed by atoms with van der Waals surface area (Å²) in [4.78, 5) is 137. The number of amides is 10. The number of hydrogen-bond acceptors (Lipinski definition) is 13. The molecule has 0 bridgehead atoms. The molecule has 2 aromatic rings. The monoisotopic (exact) mass is 1180 g/mol. The Hall–Kier alpha value is -7.34. The summed E-state index contributed by atoms with van der Waals surface area (Å²) >= 11 is 0. The highest BCUT2D eigenvalue weighted by Crippen LogP contribution is 2.30. The van der Waals surface area contributed by atoms with Crippen molar-refractivity contribution in [2.45, 2.75) is 175 Å². The zero-order valence-electron chi connectivity index (χ0n) is 51.5. The van der Waals surface area contributed by atoms with Gasteiger partial charge in [-0.25, -0.2) is 14.4 Å². The highest BCUT2D eigenvalue weighted by atomic mass is 16.6. The number of hydrogen-bond donors (Lipinski definition) is 8. The molecule has 1 saturated heterocycles. The van der Waals surface area contributed by atoms with Crippen molar-refractivity contribution < 1.29 is 67.3 Å². The van der Waals surface area contributed by atoms with E-state index in [9.17, 15) is 53.1 Å². The van der Waals surface area contributed by atoms with Crippen LogP contribution in [0.15, 0.2) is 54.6 Å². The van der Waals surface area contributed by atoms with Crippen LogP contribution in [0.4, 0.5) is 15.3 Å². The fraction of sp³-hybridized carbons (Fsp3) is 0.633. The molecule has 0 spiro atoms. The van der Waals surface area contributed by atoms with Gasteiger partial charge in [-0.15, -0.1) is 0 Å². The van der Waals surface area contributed by atoms with Crippen LogP contribution in [0.2, 0.25) is 0 Å². The van der Waals surface area contributed by atoms with Gasteiger partial charge in [0.15, 0.2) is 0 Å². The Morgan fingerprint density at radius 3 is 1.88 bits per heavy atom. The molecule has 3 rings (SSSR count). The number of rotatable bonds is 33. The number of likely N-dealkylation sites (tertiary alicyclic amines) is 1. The zero-order valence-corrected chi connectivity index (χ0v) is 51.5. The van der Waals surface area contributed by atoms with Crippen LogP contribution in [-0.4, -0.2) is 175 Å². The number of carbonyl (C=O) groups excluding carboxylic acids is 9. The molecule has 11 atom stereocenters. The number of urea groups is 1. The number of nitrogens with two attached hydrogens (primary N) is 1. The molecular weight excluding hydrogens is 1080 g/mol. The molecule has 24 nitrogen and oxygen atoms in total. The second-order valence-electron chi connectivity index (χ2n) is 22.9. The Labute approximate surface area is 495 Å². The smallest absolute Gasteiger partial charge is 0.410 e. The SMILES string of the molecule is CC[C@H](C)[C@@H]([C@@H](CC(=O)N1CCC[C@H]1[C@H](OC)[C@@H](C)C(=O)N[C@@H](Cc1ccccc1)C(=O)O)OC)N(C)C(=O)[C@@H](NC(=O)C(C(C)C)N(C)C(=O)OCc1ccc(NC(=O)[C@H](CCCNC(N)=O)NC(=O)[C@@H](NC(C)=O)C(C)C)cc1)C(C)C. The summed E-state index contributed by atoms with van der Waals surface area (Å²) in [6, 6.07) is 8.21. The molecule has 1 fully saturated rings. The summed E-state index contributed by atoms with van der Waals surface area (Å²) in [7, 11) is 5.99. The fourth-order valence-corrected chi connectivity index (χ4v) is 10.6. The summed E-state index contributed by atoms with van der Waals surface area (Å²) in [6.45, 7) is 17.8. The minimum Gasteiger partial charge on any atom is -0.480 e. The zero-order chi connectivity index (χ0) is 63.1. The summed E-state index contributed by atoms with van der Waals surface area (Å²) < 4.78 is 17.6. The lowest BCUT2D eigenvalue weighted by molar-refractivity contribution is -0.148. The third-order valence-corrected chi connectivity index (χ3v) is 15.5. The first-order valence-electron chi connectivity index (χ1n) is 29.0. The van der Waals surface area contributed by atoms with Crippen LogP contribution in [-0.2, 0) is 65.6 Å². The number of carboxylic acids is 1. The first kappa shape index (κ1) is 70.9. The molecule has 1 aliphatic heterocycles. The highest BCUT2D eigenvalue weighted by Gasteiger charge is 2.44. The third kappa shape index (κ3) is 21.1. The van der Waals surface area contributed by atoms with Crippen LogP contribution in [0, 0.1) is 29.6 Å². The van der Waals surface area contributed by atoms with Crippen molar-refractivity contribution in [3.63, 3.8) is 0 Å². The number of aliphatic carboxylic acids is 1. The van der Waals surface area contributed by atoms with E-state index in [1.807, 2.05) is 19.9 Å². The van der Waals surface area contributed by atoms with Crippen molar-refractivity contribution in [2.24, 2.45) is 35.3 Å². The Kier molecular flexibility index (Phi) is 29.1. The molecule has 9 N–H and O–H groups in total. The maximum absolute atomic E-state index is 14.7. The molecule has 0 radical (unpaired) electrons. The van der Waals surface area contributed by atoms with Crippen molar-refractivity contribution >= 4 is 65.1 Å². The molecule has 0 saturated carbocycles. The number of primary amides is 1. The van der Waals surface area contributed by atoms with Crippen molar-refractivity contribution in [1.82, 2.24) is 41.3 Å². The first-order valence-corrected chi connectivity index (χ1v) is 29.0. The van der Waals surface area contributed by atoms with E-state index in [-0.39, 0.29) is 50.2 Å². The normalized spacial score (nSPS) is 16.8. The standard InChI is InChI=1S/C60H94N10O14/c1-15-37(8)51(46(82-13)32-47(72)70-30-20-24-45(70)52(83-14)38(9)53(73)66-44(58(78)79)31-40-21-17-16-18-22-40)68(11)57(77)49(35(4)5)67-56(76)50(36(6)7)69(12)60(81)84-33-41-25-27-42(28-26-41)64-54(74)43(23-19-29-62-59(61)80)65-55(75)48(34(2)3)63-39(10)71/h16-18,21-22,25-28,34-38,43-46,48-52H,15,19-20,23-24,29-33H2,1-14H3,(H,63,71)(H,64,74)(H,65,75)(H,66,73)(H,67,76)(H,78,79)(H3,61,62,80)/t37-,38+,43-,44-,45-,46+,48-,49-,50?,51-,52+/m0/s1. The van der Waals surface area contributed by atoms with Crippen LogP contribution in [0.3, 0.4) is 0 Å². The Balaban J connectivity index is 1.72. The lowest BCUT2D eigenvalue weighted by atomic mass is 9.89. The van der Waals surface area contributed by atoms with Gasteiger partial charge in [-0.1, -0.05) is 111 Å². The predicted octanol–water partition coefficient (Wildman–Crippen LogP) is 4.19. The quantitative estimate of drug-likeness (QED) is 0.0465. The van der Waals surface area contributed by atoms with Gasteiger partial charge in [-0.05, 0) is 72.6 Å². The second-order valence-corrected chi connectivity index (χ2v) is 22.9. The summed E-state index contributed by atoms with van der Waals surface area (Å²) in [5.74, 6) is -6.71. The molecule has 0 aliphatic carbocycles. The average molecular weight is 1180 g/mol. The van der Waals surface area contributed by atoms with E-state index in [2.05, 4.69) is 31.9 Å². The van der Waals surface area contributed by atoms with Crippen LogP contribution in [0.1, 0.15) is 119 Å². The van der Waals surface area contributed by atoms with Gasteiger partial charge in [0, 0.05) is 60.4 Å². The molecule has 1 unspecified atom stereocenters. The fourth-order valence-electron chi connectivity index (χ4n) is 10.6. The van der Waals surface area contributed by atoms with Crippen LogP contribution in [0.5, 0.6) is 0 Å². The first-order chi connectivity index (χ1) is 39.6. The van der Waals surface area contributed by atoms with Gasteiger partial charge in [0.05, 0.1) is 36.6 Å². The van der Waals surface area contributed by atoms with Crippen molar-refractivity contribution in [2.75, 3.05) is 46.7 Å². The number of nitrogens with one attached hydrogen (secondary N) is 6. The molecule has 10 amide bonds. The van der Waals surface area contributed by atoms with Crippen LogP contribution in [0.25, 0.3) is 0 Å². The number of anilines is 1. The molecule has 0 aromatic heterocycles. The lowest BCUT2D eigenvalue weighted by Gasteiger charge is -2.41. The van der Waals surface area contributed by atoms with E-state index in [4.69, 9.17) is 19.9 Å². The average Bonchev–Trinajstić information content (AvgIpc) is 4.10. The van der Waals surface area contributed by atoms with E-state index in [1.165, 1.54) is 38.0 Å². The summed E-state index contributed by atoms with van der Waals surface area (Å²) in [6.07, 6.45) is -0.236. The lowest BCUT2D eigenvalue weighted by Crippen LogP contribution is -2.60. The van der Waals surface area contributed by atoms with Gasteiger partial charge in [0.25, 0.3) is 0 Å². The summed E-state index contributed by atoms with van der Waals surface area (Å²) in [5.41, 5.74) is 6.83. The molecule has 468 valence electrons. The Bertz CT molecular complexity index is 2520. The van der Waals surface area contributed by atoms with Crippen molar-refractivity contribution in [3.8, 4) is 0 Å². The highest BCUT2D eigenvalue weighted by molar-refractivity contribution is 5.98. The van der Waals surface area contributed by atoms with Crippen molar-refractivity contribution in [3.05, 3.63) is 65.7 Å². The summed E-state index contributed by atoms with van der Waals surface area (Å²) in [5, 5.41) is 26.1. The molecule has 1 aliphatic rings. The van der Waals surface area contributed by atoms with Gasteiger partial charge in [0.1, 0.15) is 36.8 Å². The van der Waals surface area contributed by atoms with E-state index >= 15 is 0 Å². The molecule has 2 aromatic carbocycles. The van der Waals surface area contributed by atoms with E-state index in [0.29, 0.717) is 43.5 Å². The Morgan fingerprint density at radius 1 is 0.726 bits per heavy atom. The topological polar surface area (TPSA) is 327 Å². The number of likely N-dealkylation sites (N-methyl/N-ethyl adjacent to an activating group) is 2. The maximum atomic E-state index is 14.7. The van der Waals surface area contributed by atoms with Crippen LogP contribution >= 0.6 is 0 Å². The Morgan fingerprint density at radius 2 is 1.35 bits per heavy atom. The molecule has 1 heterocycles. The molecular formula is C60H94N10O14. The number of methoxy groups -OCH3 is 2. The van der Waals surface area contributed by atoms with Gasteiger partial charge in [-0.3, -0.25) is 38.5 Å². The predicted molar refractivity (Wildman–Crippen MR) is 315 cm³/mol. The van der Waals surface area contributed by atoms with Gasteiger partial charge in [0.2, 0.25) is 41.4 Å². The second kappa shape index (κ2) is 34.4. The number of nitrogens with zero attached hydrogens (tertiary/aromatic N) is 3. The van der Waals surface area contributed by atoms with Gasteiger partial charge < -0.3 is 66.8 Å². The van der Waals surface area contributed by atoms with Crippen molar-refractivity contribution in [1.29, 1.82) is 0 Å². The minimum atomic E-state index is -1.19. The minimum absolute atomic E-state index is 0.0821. The number of ether oxygens (including phenoxy) is 3. The van der Waals surface area contributed by atoms with E-state index in [0.717, 1.165) is 5.56 Å². The maximum Gasteiger partial charge on any atom is 0.410 e. The van der Waals surface area contributed by atoms with E-state index in [1.54, 1.807) is 109 Å². The van der Waals surface area contributed by atoms with Crippen LogP contribution < -0.4 is 37.6 Å². The number of carboxylic acid groups (broad SMARTS) is 1. The molecule has 84 heavy (non-hydrogen) atoms. The third-order valence-electron chi connectivity index (χ3n) is 15.5.